The molecular formula is C46H71N11O14S. The van der Waals surface area contributed by atoms with Crippen LogP contribution in [0.25, 0.3) is 0 Å². The Morgan fingerprint density at radius 2 is 1.38 bits per heavy atom. The second-order valence-corrected chi connectivity index (χ2v) is 21.2. The minimum atomic E-state index is -4.22. The number of rotatable bonds is 18. The summed E-state index contributed by atoms with van der Waals surface area (Å²) in [4.78, 5) is 135. The lowest BCUT2D eigenvalue weighted by Crippen LogP contribution is -2.61. The molecule has 26 heteroatoms. The van der Waals surface area contributed by atoms with Gasteiger partial charge in [0.1, 0.15) is 42.2 Å². The number of phenolic OH excluding ortho intramolecular Hbond substituents is 1. The van der Waals surface area contributed by atoms with Gasteiger partial charge in [-0.3, -0.25) is 53.3 Å². The van der Waals surface area contributed by atoms with E-state index in [-0.39, 0.29) is 18.1 Å². The van der Waals surface area contributed by atoms with Gasteiger partial charge in [0, 0.05) is 18.9 Å². The molecular weight excluding hydrogens is 963 g/mol. The number of hydrogen-bond donors (Lipinski definition) is 12. The molecule has 0 radical (unpaired) electrons. The Morgan fingerprint density at radius 3 is 1.97 bits per heavy atom. The molecule has 0 spiro atoms. The van der Waals surface area contributed by atoms with Crippen LogP contribution in [0.1, 0.15) is 103 Å². The number of carbonyl (C=O) groups excluding carboxylic acids is 10. The molecule has 10 amide bonds. The number of nitrogens with zero attached hydrogens (tertiary/aromatic N) is 1. The maximum atomic E-state index is 14.6. The third-order valence-electron chi connectivity index (χ3n) is 13.0. The summed E-state index contributed by atoms with van der Waals surface area (Å²) in [5, 5.41) is 38.8. The summed E-state index contributed by atoms with van der Waals surface area (Å²) in [5.74, 6) is -11.6. The smallest absolute Gasteiger partial charge is 0.245 e. The van der Waals surface area contributed by atoms with Gasteiger partial charge in [0.2, 0.25) is 59.1 Å². The van der Waals surface area contributed by atoms with Crippen LogP contribution >= 0.6 is 0 Å². The van der Waals surface area contributed by atoms with Crippen LogP contribution in [0.4, 0.5) is 0 Å². The van der Waals surface area contributed by atoms with Crippen LogP contribution in [0.2, 0.25) is 0 Å². The van der Waals surface area contributed by atoms with Gasteiger partial charge in [0.15, 0.2) is 9.84 Å². The van der Waals surface area contributed by atoms with E-state index in [2.05, 4.69) is 37.2 Å². The van der Waals surface area contributed by atoms with E-state index in [9.17, 15) is 66.6 Å². The van der Waals surface area contributed by atoms with Crippen molar-refractivity contribution in [3.8, 4) is 5.75 Å². The van der Waals surface area contributed by atoms with Gasteiger partial charge in [0.05, 0.1) is 37.1 Å². The highest BCUT2D eigenvalue weighted by Crippen LogP contribution is 2.29. The Labute approximate surface area is 417 Å². The Bertz CT molecular complexity index is 2240. The number of phenols is 1. The monoisotopic (exact) mass is 1030 g/mol. The molecule has 72 heavy (non-hydrogen) atoms. The summed E-state index contributed by atoms with van der Waals surface area (Å²) in [5.41, 5.74) is 16.6. The third kappa shape index (κ3) is 19.0. The molecule has 15 N–H and O–H groups in total. The quantitative estimate of drug-likeness (QED) is 0.0671. The highest BCUT2D eigenvalue weighted by molar-refractivity contribution is 7.91. The van der Waals surface area contributed by atoms with Crippen molar-refractivity contribution < 1.29 is 66.6 Å². The summed E-state index contributed by atoms with van der Waals surface area (Å²) in [6.07, 6.45) is 0.143. The first-order valence-electron chi connectivity index (χ1n) is 24.3. The Morgan fingerprint density at radius 1 is 0.764 bits per heavy atom. The Kier molecular flexibility index (Phi) is 22.2. The summed E-state index contributed by atoms with van der Waals surface area (Å²) in [6.45, 7) is 2.23. The minimum absolute atomic E-state index is 0.0695. The van der Waals surface area contributed by atoms with Crippen molar-refractivity contribution in [2.75, 3.05) is 24.6 Å². The van der Waals surface area contributed by atoms with Gasteiger partial charge in [-0.05, 0) is 74.5 Å². The van der Waals surface area contributed by atoms with Crippen molar-refractivity contribution in [2.24, 2.45) is 29.0 Å². The molecule has 1 heterocycles. The number of amides is 10. The number of benzene rings is 1. The normalized spacial score (nSPS) is 24.9. The Balaban J connectivity index is 1.72. The predicted octanol–water partition coefficient (Wildman–Crippen LogP) is -3.80. The average Bonchev–Trinajstić information content (AvgIpc) is 4.18. The number of sulfone groups is 1. The molecule has 1 aromatic rings. The summed E-state index contributed by atoms with van der Waals surface area (Å²) >= 11 is 0. The molecule has 400 valence electrons. The minimum Gasteiger partial charge on any atom is -0.508 e. The molecule has 2 saturated carbocycles. The second-order valence-electron chi connectivity index (χ2n) is 18.9. The third-order valence-corrected chi connectivity index (χ3v) is 14.7. The largest absolute Gasteiger partial charge is 0.508 e. The van der Waals surface area contributed by atoms with E-state index in [1.165, 1.54) is 24.3 Å². The van der Waals surface area contributed by atoms with Gasteiger partial charge < -0.3 is 64.2 Å². The Hall–Kier alpha value is -6.41. The maximum absolute atomic E-state index is 14.6. The standard InChI is InChI=1S/C46H71N11O14S/c1-3-25(2)39-45(68)52-30(15-16-34(47)59)41(64)54-33(22-35(48)60)42(65)53-31(17-19-72(70,71)20-18-37(62)51-32(43(66)56-39)21-26-9-13-29(58)14-10-26)46(69)57(28-11-12-28)24-38(63)55-40(27-7-5-4-6-8-27)44(67)50-23-36(49)61/h9-10,13-14,25,27-28,30-33,37,39-40,51,58,62H,3-8,11-12,15-24H2,1-2H3,(H2,47,59)(H2,48,60)(H2,49,61)(H,50,67)(H,52,68)(H,53,65)(H,54,64)(H,55,63)(H,56,66)/t25-,30-,31-,32-,33-,37?,39-,40-/m0/s1. The zero-order valence-corrected chi connectivity index (χ0v) is 41.5. The van der Waals surface area contributed by atoms with Gasteiger partial charge in [-0.25, -0.2) is 8.42 Å². The van der Waals surface area contributed by atoms with Gasteiger partial charge in [-0.2, -0.15) is 0 Å². The molecule has 4 rings (SSSR count). The number of aromatic hydroxyl groups is 1. The van der Waals surface area contributed by atoms with E-state index >= 15 is 0 Å². The van der Waals surface area contributed by atoms with Crippen LogP contribution in [-0.4, -0.2) is 156 Å². The van der Waals surface area contributed by atoms with E-state index in [4.69, 9.17) is 17.2 Å². The SMILES string of the molecule is CC[C@H](C)[C@@H]1NC(=O)[C@H](Cc2ccc(O)cc2)NC(O)CCS(=O)(=O)CC[C@@H](C(=O)N(CC(=O)N[C@H](C(=O)NCC(N)=O)C2CCCCC2)C2CC2)NC(=O)[C@H](CC(N)=O)NC(=O)[C@H](CCC(N)=O)NC1=O. The fraction of sp³-hybridized carbons (Fsp3) is 0.652. The number of aliphatic hydroxyl groups excluding tert-OH is 1. The molecule has 0 aromatic heterocycles. The van der Waals surface area contributed by atoms with Crippen LogP contribution in [0.15, 0.2) is 24.3 Å². The highest BCUT2D eigenvalue weighted by atomic mass is 32.2. The predicted molar refractivity (Wildman–Crippen MR) is 257 cm³/mol. The molecule has 0 bridgehead atoms. The lowest BCUT2D eigenvalue weighted by molar-refractivity contribution is -0.141. The van der Waals surface area contributed by atoms with E-state index in [1.807, 2.05) is 0 Å². The van der Waals surface area contributed by atoms with Crippen LogP contribution in [0.3, 0.4) is 0 Å². The van der Waals surface area contributed by atoms with Crippen molar-refractivity contribution >= 4 is 68.9 Å². The molecule has 1 saturated heterocycles. The van der Waals surface area contributed by atoms with E-state index in [1.54, 1.807) is 13.8 Å². The number of nitrogens with one attached hydrogen (secondary N) is 7. The lowest BCUT2D eigenvalue weighted by Gasteiger charge is -2.32. The fourth-order valence-corrected chi connectivity index (χ4v) is 9.96. The maximum Gasteiger partial charge on any atom is 0.245 e. The molecule has 25 nitrogen and oxygen atoms in total. The van der Waals surface area contributed by atoms with Crippen LogP contribution in [-0.2, 0) is 64.2 Å². The van der Waals surface area contributed by atoms with Crippen LogP contribution < -0.4 is 54.4 Å². The van der Waals surface area contributed by atoms with Crippen molar-refractivity contribution in [1.29, 1.82) is 0 Å². The first-order chi connectivity index (χ1) is 34.0. The van der Waals surface area contributed by atoms with E-state index in [0.717, 1.165) is 24.2 Å². The molecule has 2 aliphatic carbocycles. The molecule has 1 unspecified atom stereocenters. The first kappa shape index (κ1) is 58.2. The number of hydrogen-bond acceptors (Lipinski definition) is 15. The summed E-state index contributed by atoms with van der Waals surface area (Å²) in [6, 6.07) is -3.79. The molecule has 8 atom stereocenters. The van der Waals surface area contributed by atoms with E-state index < -0.39 is 180 Å². The van der Waals surface area contributed by atoms with Gasteiger partial charge in [-0.1, -0.05) is 51.7 Å². The number of nitrogens with two attached hydrogens (primary N) is 3. The van der Waals surface area contributed by atoms with E-state index in [0.29, 0.717) is 37.7 Å². The topological polar surface area (TPSA) is 411 Å². The van der Waals surface area contributed by atoms with Crippen molar-refractivity contribution in [2.45, 2.75) is 152 Å². The molecule has 1 aromatic carbocycles. The average molecular weight is 1030 g/mol. The van der Waals surface area contributed by atoms with Gasteiger partial charge >= 0.3 is 0 Å². The molecule has 3 aliphatic rings. The zero-order valence-electron chi connectivity index (χ0n) is 40.7. The highest BCUT2D eigenvalue weighted by Gasteiger charge is 2.41. The lowest BCUT2D eigenvalue weighted by atomic mass is 9.83. The number of carbonyl (C=O) groups is 10. The van der Waals surface area contributed by atoms with Crippen molar-refractivity contribution in [3.05, 3.63) is 29.8 Å². The fourth-order valence-electron chi connectivity index (χ4n) is 8.58. The van der Waals surface area contributed by atoms with Crippen LogP contribution in [0.5, 0.6) is 5.75 Å². The first-order valence-corrected chi connectivity index (χ1v) is 26.1. The summed E-state index contributed by atoms with van der Waals surface area (Å²) < 4.78 is 27.4. The van der Waals surface area contributed by atoms with Gasteiger partial charge in [-0.15, -0.1) is 0 Å². The number of primary amides is 3. The second kappa shape index (κ2) is 27.4. The molecule has 3 fully saturated rings. The van der Waals surface area contributed by atoms with Crippen molar-refractivity contribution in [1.82, 2.24) is 42.1 Å². The molecule has 1 aliphatic heterocycles. The number of aliphatic hydroxyl groups is 1. The zero-order chi connectivity index (χ0) is 53.3. The van der Waals surface area contributed by atoms with Gasteiger partial charge in [0.25, 0.3) is 0 Å². The van der Waals surface area contributed by atoms with Crippen LogP contribution in [0, 0.1) is 11.8 Å². The van der Waals surface area contributed by atoms with Crippen molar-refractivity contribution in [3.63, 3.8) is 0 Å². The summed E-state index contributed by atoms with van der Waals surface area (Å²) in [7, 11) is -4.22.